The van der Waals surface area contributed by atoms with E-state index >= 15 is 0 Å². The van der Waals surface area contributed by atoms with Crippen LogP contribution < -0.4 is 0 Å². The van der Waals surface area contributed by atoms with E-state index in [9.17, 15) is 14.3 Å². The number of carboxylic acids is 1. The Labute approximate surface area is 241 Å². The molecule has 3 aromatic rings. The SMILES string of the molecule is C=C(c1cccc(C(c2cccc(O)c2)N2CCN(Cc3ccc(F)cc3)CC2C)c1)N1CCN(CC(=O)O)CC1. The number of hydrogen-bond acceptors (Lipinski definition) is 6. The number of carboxylic acid groups (broad SMARTS) is 1. The number of benzene rings is 3. The van der Waals surface area contributed by atoms with Crippen LogP contribution in [0.3, 0.4) is 0 Å². The summed E-state index contributed by atoms with van der Waals surface area (Å²) in [5.74, 6) is -0.769. The largest absolute Gasteiger partial charge is 0.508 e. The Bertz CT molecular complexity index is 1360. The summed E-state index contributed by atoms with van der Waals surface area (Å²) in [6.07, 6.45) is 0. The molecule has 41 heavy (non-hydrogen) atoms. The molecule has 2 fully saturated rings. The number of rotatable bonds is 9. The maximum Gasteiger partial charge on any atom is 0.317 e. The van der Waals surface area contributed by atoms with Gasteiger partial charge in [-0.1, -0.05) is 49.0 Å². The Hall–Kier alpha value is -3.72. The van der Waals surface area contributed by atoms with Gasteiger partial charge in [-0.25, -0.2) is 4.39 Å². The van der Waals surface area contributed by atoms with Crippen molar-refractivity contribution in [2.75, 3.05) is 52.4 Å². The van der Waals surface area contributed by atoms with Crippen molar-refractivity contribution in [1.29, 1.82) is 0 Å². The van der Waals surface area contributed by atoms with Gasteiger partial charge in [-0.05, 0) is 59.5 Å². The summed E-state index contributed by atoms with van der Waals surface area (Å²) in [6, 6.07) is 23.0. The fraction of sp³-hybridized carbons (Fsp3) is 0.364. The van der Waals surface area contributed by atoms with Gasteiger partial charge >= 0.3 is 5.97 Å². The molecule has 2 N–H and O–H groups in total. The number of aliphatic carboxylic acids is 1. The minimum atomic E-state index is -0.798. The van der Waals surface area contributed by atoms with Gasteiger partial charge in [-0.15, -0.1) is 0 Å². The van der Waals surface area contributed by atoms with Crippen molar-refractivity contribution in [3.05, 3.63) is 107 Å². The predicted octanol–water partition coefficient (Wildman–Crippen LogP) is 4.50. The summed E-state index contributed by atoms with van der Waals surface area (Å²) in [6.45, 7) is 13.0. The number of piperazine rings is 2. The molecule has 5 rings (SSSR count). The first kappa shape index (κ1) is 28.8. The van der Waals surface area contributed by atoms with E-state index in [4.69, 9.17) is 5.11 Å². The second-order valence-corrected chi connectivity index (χ2v) is 11.2. The Morgan fingerprint density at radius 2 is 1.59 bits per heavy atom. The molecule has 2 aliphatic rings. The first-order valence-corrected chi connectivity index (χ1v) is 14.3. The molecule has 2 saturated heterocycles. The molecule has 8 heteroatoms. The lowest BCUT2D eigenvalue weighted by atomic mass is 9.92. The summed E-state index contributed by atoms with van der Waals surface area (Å²) in [5.41, 5.74) is 5.26. The summed E-state index contributed by atoms with van der Waals surface area (Å²) in [7, 11) is 0. The molecule has 0 radical (unpaired) electrons. The highest BCUT2D eigenvalue weighted by atomic mass is 19.1. The average molecular weight is 559 g/mol. The summed E-state index contributed by atoms with van der Waals surface area (Å²) >= 11 is 0. The highest BCUT2D eigenvalue weighted by Gasteiger charge is 2.32. The van der Waals surface area contributed by atoms with Gasteiger partial charge in [-0.3, -0.25) is 19.5 Å². The fourth-order valence-corrected chi connectivity index (χ4v) is 6.13. The zero-order valence-electron chi connectivity index (χ0n) is 23.6. The van der Waals surface area contributed by atoms with Crippen LogP contribution >= 0.6 is 0 Å². The normalized spacial score (nSPS) is 19.7. The average Bonchev–Trinajstić information content (AvgIpc) is 2.96. The van der Waals surface area contributed by atoms with Gasteiger partial charge in [0.2, 0.25) is 0 Å². The lowest BCUT2D eigenvalue weighted by Crippen LogP contribution is -2.52. The van der Waals surface area contributed by atoms with Crippen molar-refractivity contribution in [3.8, 4) is 5.75 Å². The molecule has 0 amide bonds. The van der Waals surface area contributed by atoms with Gasteiger partial charge < -0.3 is 15.1 Å². The van der Waals surface area contributed by atoms with E-state index in [1.54, 1.807) is 6.07 Å². The van der Waals surface area contributed by atoms with Crippen LogP contribution in [0.2, 0.25) is 0 Å². The topological polar surface area (TPSA) is 70.5 Å². The summed E-state index contributed by atoms with van der Waals surface area (Å²) in [5, 5.41) is 19.5. The Morgan fingerprint density at radius 3 is 2.24 bits per heavy atom. The molecule has 0 aliphatic carbocycles. The molecule has 0 saturated carbocycles. The third kappa shape index (κ3) is 7.14. The monoisotopic (exact) mass is 558 g/mol. The Kier molecular flexibility index (Phi) is 9.03. The van der Waals surface area contributed by atoms with Crippen LogP contribution in [-0.2, 0) is 11.3 Å². The highest BCUT2D eigenvalue weighted by Crippen LogP contribution is 2.35. The van der Waals surface area contributed by atoms with Crippen molar-refractivity contribution in [2.24, 2.45) is 0 Å². The lowest BCUT2D eigenvalue weighted by molar-refractivity contribution is -0.138. The van der Waals surface area contributed by atoms with Crippen LogP contribution in [0.15, 0.2) is 79.4 Å². The van der Waals surface area contributed by atoms with E-state index in [0.29, 0.717) is 13.1 Å². The molecular formula is C33H39FN4O3. The van der Waals surface area contributed by atoms with E-state index in [0.717, 1.165) is 67.2 Å². The third-order valence-corrected chi connectivity index (χ3v) is 8.25. The second kappa shape index (κ2) is 12.9. The number of nitrogens with zero attached hydrogens (tertiary/aromatic N) is 4. The van der Waals surface area contributed by atoms with Gasteiger partial charge in [0.15, 0.2) is 0 Å². The van der Waals surface area contributed by atoms with Gasteiger partial charge in [-0.2, -0.15) is 0 Å². The molecule has 216 valence electrons. The number of halogens is 1. The first-order chi connectivity index (χ1) is 19.8. The second-order valence-electron chi connectivity index (χ2n) is 11.2. The smallest absolute Gasteiger partial charge is 0.317 e. The van der Waals surface area contributed by atoms with E-state index in [1.165, 1.54) is 12.1 Å². The first-order valence-electron chi connectivity index (χ1n) is 14.3. The number of phenols is 1. The molecular weight excluding hydrogens is 519 g/mol. The number of aromatic hydroxyl groups is 1. The minimum Gasteiger partial charge on any atom is -0.508 e. The van der Waals surface area contributed by atoms with Crippen LogP contribution in [0.4, 0.5) is 4.39 Å². The standard InChI is InChI=1S/C33H39FN4O3/c1-24-21-36(22-26-9-11-30(34)12-10-26)15-18-38(24)33(29-7-4-8-31(39)20-29)28-6-3-5-27(19-28)25(2)37-16-13-35(14-17-37)23-32(40)41/h3-12,19-20,24,33,39H,2,13-18,21-23H2,1H3,(H,40,41). The third-order valence-electron chi connectivity index (χ3n) is 8.25. The lowest BCUT2D eigenvalue weighted by Gasteiger charge is -2.44. The zero-order chi connectivity index (χ0) is 28.9. The van der Waals surface area contributed by atoms with Gasteiger partial charge in [0.1, 0.15) is 11.6 Å². The van der Waals surface area contributed by atoms with Gasteiger partial charge in [0.05, 0.1) is 12.6 Å². The van der Waals surface area contributed by atoms with Crippen molar-refractivity contribution in [1.82, 2.24) is 19.6 Å². The molecule has 3 aromatic carbocycles. The highest BCUT2D eigenvalue weighted by molar-refractivity contribution is 5.69. The van der Waals surface area contributed by atoms with Crippen LogP contribution in [0.5, 0.6) is 5.75 Å². The van der Waals surface area contributed by atoms with Crippen molar-refractivity contribution in [2.45, 2.75) is 25.6 Å². The fourth-order valence-electron chi connectivity index (χ4n) is 6.13. The van der Waals surface area contributed by atoms with E-state index in [-0.39, 0.29) is 30.2 Å². The minimum absolute atomic E-state index is 0.0507. The van der Waals surface area contributed by atoms with E-state index in [1.807, 2.05) is 29.2 Å². The van der Waals surface area contributed by atoms with Crippen LogP contribution in [-0.4, -0.2) is 94.2 Å². The van der Waals surface area contributed by atoms with E-state index in [2.05, 4.69) is 58.5 Å². The van der Waals surface area contributed by atoms with Crippen LogP contribution in [0.25, 0.3) is 5.70 Å². The van der Waals surface area contributed by atoms with E-state index < -0.39 is 5.97 Å². The maximum atomic E-state index is 13.4. The Balaban J connectivity index is 1.35. The molecule has 7 nitrogen and oxygen atoms in total. The summed E-state index contributed by atoms with van der Waals surface area (Å²) < 4.78 is 13.4. The number of phenolic OH excluding ortho intramolecular Hbond substituents is 1. The molecule has 2 aliphatic heterocycles. The number of carbonyl (C=O) groups is 1. The molecule has 0 bridgehead atoms. The molecule has 2 heterocycles. The Morgan fingerprint density at radius 1 is 0.927 bits per heavy atom. The number of hydrogen-bond donors (Lipinski definition) is 2. The van der Waals surface area contributed by atoms with Gasteiger partial charge in [0.25, 0.3) is 0 Å². The zero-order valence-corrected chi connectivity index (χ0v) is 23.6. The maximum absolute atomic E-state index is 13.4. The van der Waals surface area contributed by atoms with Crippen molar-refractivity contribution in [3.63, 3.8) is 0 Å². The predicted molar refractivity (Wildman–Crippen MR) is 159 cm³/mol. The summed E-state index contributed by atoms with van der Waals surface area (Å²) in [4.78, 5) is 20.2. The van der Waals surface area contributed by atoms with Crippen molar-refractivity contribution >= 4 is 11.7 Å². The van der Waals surface area contributed by atoms with Crippen molar-refractivity contribution < 1.29 is 19.4 Å². The quantitative estimate of drug-likeness (QED) is 0.401. The molecule has 2 unspecified atom stereocenters. The van der Waals surface area contributed by atoms with Crippen LogP contribution in [0.1, 0.15) is 35.2 Å². The molecule has 2 atom stereocenters. The molecule has 0 aromatic heterocycles. The van der Waals surface area contributed by atoms with Crippen LogP contribution in [0, 0.1) is 5.82 Å². The van der Waals surface area contributed by atoms with Gasteiger partial charge in [0, 0.05) is 64.1 Å². The molecule has 0 spiro atoms.